The normalized spacial score (nSPS) is 22.4. The molecule has 1 heterocycles. The average molecular weight is 237 g/mol. The van der Waals surface area contributed by atoms with Gasteiger partial charge in [-0.2, -0.15) is 5.26 Å². The van der Waals surface area contributed by atoms with E-state index in [0.717, 1.165) is 32.2 Å². The summed E-state index contributed by atoms with van der Waals surface area (Å²) in [5.41, 5.74) is 0. The van der Waals surface area contributed by atoms with E-state index in [-0.39, 0.29) is 24.0 Å². The molecule has 4 heteroatoms. The highest BCUT2D eigenvalue weighted by atomic mass is 16.2. The Kier molecular flexibility index (Phi) is 5.43. The molecule has 1 N–H and O–H groups in total. The van der Waals surface area contributed by atoms with Crippen molar-refractivity contribution in [1.29, 1.82) is 5.26 Å². The van der Waals surface area contributed by atoms with Crippen LogP contribution in [0.5, 0.6) is 0 Å². The van der Waals surface area contributed by atoms with E-state index in [1.807, 2.05) is 11.8 Å². The van der Waals surface area contributed by atoms with Crippen molar-refractivity contribution in [3.63, 3.8) is 0 Å². The standard InChI is InChI=1S/C13H23N3O/c1-4-11(5-2)15-13(17)10(3)16-8-6-7-12(16)9-14/h10-12H,4-8H2,1-3H3,(H,15,17). The Morgan fingerprint density at radius 1 is 1.53 bits per heavy atom. The number of carbonyl (C=O) groups is 1. The lowest BCUT2D eigenvalue weighted by Crippen LogP contribution is -2.49. The molecule has 0 radical (unpaired) electrons. The number of likely N-dealkylation sites (tertiary alicyclic amines) is 1. The molecular formula is C13H23N3O. The SMILES string of the molecule is CCC(CC)NC(=O)C(C)N1CCCC1C#N. The predicted octanol–water partition coefficient (Wildman–Crippen LogP) is 1.67. The van der Waals surface area contributed by atoms with E-state index >= 15 is 0 Å². The summed E-state index contributed by atoms with van der Waals surface area (Å²) in [6.45, 7) is 6.91. The first-order chi connectivity index (χ1) is 8.13. The second-order valence-corrected chi connectivity index (χ2v) is 4.72. The molecular weight excluding hydrogens is 214 g/mol. The molecule has 1 aliphatic rings. The maximum Gasteiger partial charge on any atom is 0.237 e. The number of hydrogen-bond acceptors (Lipinski definition) is 3. The molecule has 1 fully saturated rings. The minimum Gasteiger partial charge on any atom is -0.352 e. The molecule has 0 spiro atoms. The van der Waals surface area contributed by atoms with Crippen LogP contribution in [-0.2, 0) is 4.79 Å². The third kappa shape index (κ3) is 3.44. The van der Waals surface area contributed by atoms with E-state index in [0.29, 0.717) is 0 Å². The van der Waals surface area contributed by atoms with Crippen LogP contribution in [0, 0.1) is 11.3 Å². The molecule has 0 bridgehead atoms. The van der Waals surface area contributed by atoms with Crippen molar-refractivity contribution in [1.82, 2.24) is 10.2 Å². The summed E-state index contributed by atoms with van der Waals surface area (Å²) < 4.78 is 0. The Labute approximate surface area is 104 Å². The first-order valence-corrected chi connectivity index (χ1v) is 6.59. The third-order valence-electron chi connectivity index (χ3n) is 3.65. The summed E-state index contributed by atoms with van der Waals surface area (Å²) >= 11 is 0. The Bertz CT molecular complexity index is 294. The van der Waals surface area contributed by atoms with E-state index in [1.165, 1.54) is 0 Å². The van der Waals surface area contributed by atoms with Crippen LogP contribution in [0.3, 0.4) is 0 Å². The molecule has 0 aromatic heterocycles. The van der Waals surface area contributed by atoms with Gasteiger partial charge < -0.3 is 5.32 Å². The molecule has 0 aliphatic carbocycles. The Morgan fingerprint density at radius 3 is 2.71 bits per heavy atom. The second kappa shape index (κ2) is 6.61. The lowest BCUT2D eigenvalue weighted by atomic mass is 10.1. The topological polar surface area (TPSA) is 56.1 Å². The van der Waals surface area contributed by atoms with E-state index in [1.54, 1.807) is 0 Å². The molecule has 17 heavy (non-hydrogen) atoms. The number of nitriles is 1. The first kappa shape index (κ1) is 14.0. The summed E-state index contributed by atoms with van der Waals surface area (Å²) in [7, 11) is 0. The van der Waals surface area contributed by atoms with Crippen molar-refractivity contribution < 1.29 is 4.79 Å². The molecule has 0 aromatic carbocycles. The molecule has 1 saturated heterocycles. The fourth-order valence-corrected chi connectivity index (χ4v) is 2.36. The van der Waals surface area contributed by atoms with Crippen molar-refractivity contribution in [2.75, 3.05) is 6.54 Å². The van der Waals surface area contributed by atoms with E-state index in [4.69, 9.17) is 5.26 Å². The van der Waals surface area contributed by atoms with Gasteiger partial charge in [-0.3, -0.25) is 9.69 Å². The molecule has 4 nitrogen and oxygen atoms in total. The van der Waals surface area contributed by atoms with Gasteiger partial charge in [0, 0.05) is 12.6 Å². The maximum absolute atomic E-state index is 12.1. The summed E-state index contributed by atoms with van der Waals surface area (Å²) in [6, 6.07) is 2.26. The minimum atomic E-state index is -0.192. The number of rotatable bonds is 5. The van der Waals surface area contributed by atoms with E-state index in [9.17, 15) is 4.79 Å². The molecule has 1 amide bonds. The van der Waals surface area contributed by atoms with Crippen LogP contribution in [0.4, 0.5) is 0 Å². The van der Waals surface area contributed by atoms with Gasteiger partial charge in [0.2, 0.25) is 5.91 Å². The number of hydrogen-bond donors (Lipinski definition) is 1. The van der Waals surface area contributed by atoms with Gasteiger partial charge in [0.15, 0.2) is 0 Å². The lowest BCUT2D eigenvalue weighted by Gasteiger charge is -2.27. The van der Waals surface area contributed by atoms with Crippen LogP contribution in [0.1, 0.15) is 46.5 Å². The predicted molar refractivity (Wildman–Crippen MR) is 67.3 cm³/mol. The zero-order valence-electron chi connectivity index (χ0n) is 11.1. The lowest BCUT2D eigenvalue weighted by molar-refractivity contribution is -0.126. The Morgan fingerprint density at radius 2 is 2.18 bits per heavy atom. The Hall–Kier alpha value is -1.08. The fraction of sp³-hybridized carbons (Fsp3) is 0.846. The maximum atomic E-state index is 12.1. The molecule has 1 aliphatic heterocycles. The average Bonchev–Trinajstić information content (AvgIpc) is 2.82. The fourth-order valence-electron chi connectivity index (χ4n) is 2.36. The zero-order valence-corrected chi connectivity index (χ0v) is 11.1. The van der Waals surface area contributed by atoms with Gasteiger partial charge in [0.1, 0.15) is 0 Å². The van der Waals surface area contributed by atoms with Crippen molar-refractivity contribution >= 4 is 5.91 Å². The molecule has 1 rings (SSSR count). The summed E-state index contributed by atoms with van der Waals surface area (Å²) in [6.07, 6.45) is 3.81. The van der Waals surface area contributed by atoms with Gasteiger partial charge in [0.25, 0.3) is 0 Å². The first-order valence-electron chi connectivity index (χ1n) is 6.59. The molecule has 0 saturated carbocycles. The summed E-state index contributed by atoms with van der Waals surface area (Å²) in [5, 5.41) is 12.1. The van der Waals surface area contributed by atoms with Gasteiger partial charge in [-0.05, 0) is 32.6 Å². The van der Waals surface area contributed by atoms with Gasteiger partial charge in [0.05, 0.1) is 18.2 Å². The smallest absolute Gasteiger partial charge is 0.237 e. The van der Waals surface area contributed by atoms with Crippen LogP contribution < -0.4 is 5.32 Å². The monoisotopic (exact) mass is 237 g/mol. The molecule has 96 valence electrons. The Balaban J connectivity index is 2.54. The van der Waals surface area contributed by atoms with Crippen LogP contribution in [-0.4, -0.2) is 35.5 Å². The summed E-state index contributed by atoms with van der Waals surface area (Å²) in [4.78, 5) is 14.1. The largest absolute Gasteiger partial charge is 0.352 e. The number of nitrogens with one attached hydrogen (secondary N) is 1. The van der Waals surface area contributed by atoms with Crippen molar-refractivity contribution in [3.8, 4) is 6.07 Å². The zero-order chi connectivity index (χ0) is 12.8. The number of amides is 1. The molecule has 2 unspecified atom stereocenters. The number of carbonyl (C=O) groups excluding carboxylic acids is 1. The number of nitrogens with zero attached hydrogens (tertiary/aromatic N) is 2. The summed E-state index contributed by atoms with van der Waals surface area (Å²) in [5.74, 6) is 0.0563. The van der Waals surface area contributed by atoms with Gasteiger partial charge in [-0.1, -0.05) is 13.8 Å². The van der Waals surface area contributed by atoms with Crippen LogP contribution in [0.2, 0.25) is 0 Å². The van der Waals surface area contributed by atoms with Crippen molar-refractivity contribution in [3.05, 3.63) is 0 Å². The van der Waals surface area contributed by atoms with Crippen molar-refractivity contribution in [2.24, 2.45) is 0 Å². The van der Waals surface area contributed by atoms with Crippen molar-refractivity contribution in [2.45, 2.75) is 64.6 Å². The quantitative estimate of drug-likeness (QED) is 0.791. The van der Waals surface area contributed by atoms with E-state index in [2.05, 4.69) is 25.2 Å². The highest BCUT2D eigenvalue weighted by Crippen LogP contribution is 2.19. The molecule has 0 aromatic rings. The second-order valence-electron chi connectivity index (χ2n) is 4.72. The third-order valence-corrected chi connectivity index (χ3v) is 3.65. The van der Waals surface area contributed by atoms with E-state index < -0.39 is 0 Å². The highest BCUT2D eigenvalue weighted by molar-refractivity contribution is 5.81. The van der Waals surface area contributed by atoms with Gasteiger partial charge >= 0.3 is 0 Å². The van der Waals surface area contributed by atoms with Gasteiger partial charge in [-0.15, -0.1) is 0 Å². The molecule has 2 atom stereocenters. The minimum absolute atomic E-state index is 0.0563. The van der Waals surface area contributed by atoms with Crippen LogP contribution >= 0.6 is 0 Å². The van der Waals surface area contributed by atoms with Crippen LogP contribution in [0.15, 0.2) is 0 Å². The highest BCUT2D eigenvalue weighted by Gasteiger charge is 2.32. The van der Waals surface area contributed by atoms with Gasteiger partial charge in [-0.25, -0.2) is 0 Å². The van der Waals surface area contributed by atoms with Crippen LogP contribution in [0.25, 0.3) is 0 Å².